The lowest BCUT2D eigenvalue weighted by atomic mass is 10.1. The number of nitrogens with zero attached hydrogens (tertiary/aromatic N) is 4. The molecule has 0 aliphatic carbocycles. The fourth-order valence-electron chi connectivity index (χ4n) is 3.67. The van der Waals surface area contributed by atoms with Crippen LogP contribution in [0.25, 0.3) is 22.2 Å². The zero-order valence-electron chi connectivity index (χ0n) is 21.8. The van der Waals surface area contributed by atoms with Gasteiger partial charge >= 0.3 is 12.4 Å². The van der Waals surface area contributed by atoms with Gasteiger partial charge < -0.3 is 20.8 Å². The predicted octanol–water partition coefficient (Wildman–Crippen LogP) is 4.29. The Bertz CT molecular complexity index is 1650. The second-order valence-electron chi connectivity index (χ2n) is 8.84. The molecule has 0 amide bonds. The molecule has 1 aliphatic rings. The fourth-order valence-corrected chi connectivity index (χ4v) is 3.67. The van der Waals surface area contributed by atoms with Crippen LogP contribution >= 0.6 is 0 Å². The third-order valence-corrected chi connectivity index (χ3v) is 5.78. The minimum Gasteiger partial charge on any atom is -0.397 e. The SMILES string of the molecule is C1CCOCC1.Cn1ccc2cc(-c3ncc(C(F)(F)F)c(N)n3)c(F)cc2c1=O.Nc1cn[nH]c(=O)c1C(F)(F)F. The summed E-state index contributed by atoms with van der Waals surface area (Å²) in [6.45, 7) is 2.00. The molecular weight excluding hydrogens is 579 g/mol. The van der Waals surface area contributed by atoms with Crippen LogP contribution in [0.3, 0.4) is 0 Å². The molecule has 0 radical (unpaired) electrons. The molecule has 1 saturated heterocycles. The topological polar surface area (TPSA) is 155 Å². The summed E-state index contributed by atoms with van der Waals surface area (Å²) in [5.74, 6) is -1.92. The molecule has 1 aliphatic heterocycles. The van der Waals surface area contributed by atoms with E-state index in [9.17, 15) is 40.3 Å². The summed E-state index contributed by atoms with van der Waals surface area (Å²) in [6, 6.07) is 3.88. The van der Waals surface area contributed by atoms with Gasteiger partial charge in [-0.1, -0.05) is 0 Å². The van der Waals surface area contributed by atoms with Gasteiger partial charge in [0.2, 0.25) is 0 Å². The number of aromatic amines is 1. The number of H-pyrrole nitrogens is 1. The number of aryl methyl sites for hydroxylation is 1. The number of aromatic nitrogens is 5. The molecule has 0 spiro atoms. The van der Waals surface area contributed by atoms with Crippen LogP contribution in [0, 0.1) is 5.82 Å². The Morgan fingerprint density at radius 1 is 0.976 bits per heavy atom. The number of ether oxygens (including phenoxy) is 1. The summed E-state index contributed by atoms with van der Waals surface area (Å²) < 4.78 is 94.6. The predicted molar refractivity (Wildman–Crippen MR) is 139 cm³/mol. The highest BCUT2D eigenvalue weighted by Crippen LogP contribution is 2.34. The van der Waals surface area contributed by atoms with Crippen molar-refractivity contribution in [1.82, 2.24) is 24.7 Å². The molecule has 1 fully saturated rings. The Morgan fingerprint density at radius 2 is 1.64 bits per heavy atom. The maximum Gasteiger partial charge on any atom is 0.423 e. The number of halogens is 7. The van der Waals surface area contributed by atoms with E-state index in [2.05, 4.69) is 15.1 Å². The molecule has 5 rings (SSSR count). The van der Waals surface area contributed by atoms with Crippen molar-refractivity contribution < 1.29 is 35.5 Å². The van der Waals surface area contributed by atoms with E-state index in [1.54, 1.807) is 11.2 Å². The number of hydrogen-bond acceptors (Lipinski definition) is 8. The van der Waals surface area contributed by atoms with E-state index in [4.69, 9.17) is 16.2 Å². The van der Waals surface area contributed by atoms with Crippen LogP contribution < -0.4 is 22.6 Å². The average molecular weight is 603 g/mol. The lowest BCUT2D eigenvalue weighted by Crippen LogP contribution is -2.24. The van der Waals surface area contributed by atoms with E-state index in [0.29, 0.717) is 11.6 Å². The van der Waals surface area contributed by atoms with E-state index in [1.165, 1.54) is 43.1 Å². The molecule has 226 valence electrons. The third kappa shape index (κ3) is 7.80. The third-order valence-electron chi connectivity index (χ3n) is 5.78. The first-order valence-corrected chi connectivity index (χ1v) is 12.1. The average Bonchev–Trinajstić information content (AvgIpc) is 2.91. The summed E-state index contributed by atoms with van der Waals surface area (Å²) >= 11 is 0. The van der Waals surface area contributed by atoms with Crippen LogP contribution in [0.15, 0.2) is 46.4 Å². The number of pyridine rings is 1. The lowest BCUT2D eigenvalue weighted by Gasteiger charge is -2.10. The number of fused-ring (bicyclic) bond motifs is 1. The van der Waals surface area contributed by atoms with Crippen molar-refractivity contribution in [3.8, 4) is 11.4 Å². The summed E-state index contributed by atoms with van der Waals surface area (Å²) in [6.07, 6.45) is -2.76. The minimum atomic E-state index is -4.74. The van der Waals surface area contributed by atoms with Crippen molar-refractivity contribution in [3.63, 3.8) is 0 Å². The normalized spacial score (nSPS) is 13.5. The van der Waals surface area contributed by atoms with Crippen LogP contribution in [0.2, 0.25) is 0 Å². The molecule has 1 aromatic carbocycles. The molecule has 17 heteroatoms. The van der Waals surface area contributed by atoms with Crippen molar-refractivity contribution in [3.05, 3.63) is 74.4 Å². The van der Waals surface area contributed by atoms with Gasteiger partial charge in [-0.15, -0.1) is 0 Å². The first-order chi connectivity index (χ1) is 19.6. The summed E-state index contributed by atoms with van der Waals surface area (Å²) in [4.78, 5) is 29.6. The summed E-state index contributed by atoms with van der Waals surface area (Å²) in [5.41, 5.74) is 5.07. The summed E-state index contributed by atoms with van der Waals surface area (Å²) in [7, 11) is 1.52. The van der Waals surface area contributed by atoms with Gasteiger partial charge in [0.25, 0.3) is 11.1 Å². The van der Waals surface area contributed by atoms with Crippen molar-refractivity contribution in [2.75, 3.05) is 24.7 Å². The quantitative estimate of drug-likeness (QED) is 0.272. The molecule has 5 N–H and O–H groups in total. The van der Waals surface area contributed by atoms with Gasteiger partial charge in [-0.05, 0) is 42.8 Å². The van der Waals surface area contributed by atoms with Crippen molar-refractivity contribution in [2.24, 2.45) is 7.05 Å². The molecule has 0 bridgehead atoms. The Kier molecular flexibility index (Phi) is 9.87. The zero-order chi connectivity index (χ0) is 31.2. The Morgan fingerprint density at radius 3 is 2.12 bits per heavy atom. The highest BCUT2D eigenvalue weighted by Gasteiger charge is 2.36. The Labute approximate surface area is 232 Å². The highest BCUT2D eigenvalue weighted by atomic mass is 19.4. The summed E-state index contributed by atoms with van der Waals surface area (Å²) in [5, 5.41) is 5.29. The second-order valence-corrected chi connectivity index (χ2v) is 8.84. The van der Waals surface area contributed by atoms with Crippen molar-refractivity contribution in [2.45, 2.75) is 31.6 Å². The molecule has 0 atom stereocenters. The van der Waals surface area contributed by atoms with Gasteiger partial charge in [0.1, 0.15) is 22.8 Å². The Hall–Kier alpha value is -4.54. The van der Waals surface area contributed by atoms with Gasteiger partial charge in [0.15, 0.2) is 5.82 Å². The van der Waals surface area contributed by atoms with Gasteiger partial charge in [-0.25, -0.2) is 19.5 Å². The van der Waals surface area contributed by atoms with E-state index >= 15 is 0 Å². The largest absolute Gasteiger partial charge is 0.423 e. The standard InChI is InChI=1S/C15H10F4N4O.C5H4F3N3O.C5H10O/c1-23-3-2-7-4-9(11(16)5-8(7)14(23)24)13-21-6-10(12(20)22-13)15(17,18)19;6-5(7,8)3-2(9)1-10-11-4(3)12;1-2-4-6-5-3-1/h2-6H,1H3,(H2,20,21,22);1H,(H3,9,11,12);1-5H2. The maximum atomic E-state index is 14.3. The molecule has 4 aromatic rings. The number of alkyl halides is 6. The monoisotopic (exact) mass is 603 g/mol. The molecular formula is C25H24F7N7O3. The van der Waals surface area contributed by atoms with Gasteiger partial charge in [-0.2, -0.15) is 31.4 Å². The van der Waals surface area contributed by atoms with E-state index in [1.807, 2.05) is 0 Å². The number of nitrogen functional groups attached to an aromatic ring is 2. The lowest BCUT2D eigenvalue weighted by molar-refractivity contribution is -0.138. The molecule has 42 heavy (non-hydrogen) atoms. The molecule has 0 unspecified atom stereocenters. The van der Waals surface area contributed by atoms with E-state index in [0.717, 1.165) is 25.5 Å². The molecule has 4 heterocycles. The van der Waals surface area contributed by atoms with Gasteiger partial charge in [-0.3, -0.25) is 9.59 Å². The highest BCUT2D eigenvalue weighted by molar-refractivity contribution is 5.86. The molecule has 3 aromatic heterocycles. The minimum absolute atomic E-state index is 0.140. The molecule has 10 nitrogen and oxygen atoms in total. The second kappa shape index (κ2) is 13.0. The smallest absolute Gasteiger partial charge is 0.397 e. The number of nitrogens with two attached hydrogens (primary N) is 2. The van der Waals surface area contributed by atoms with Crippen LogP contribution in [0.4, 0.5) is 42.2 Å². The fraction of sp³-hybridized carbons (Fsp3) is 0.320. The first-order valence-electron chi connectivity index (χ1n) is 12.1. The number of nitrogens with one attached hydrogen (secondary N) is 1. The maximum absolute atomic E-state index is 14.3. The van der Waals surface area contributed by atoms with Crippen LogP contribution in [0.5, 0.6) is 0 Å². The van der Waals surface area contributed by atoms with E-state index in [-0.39, 0.29) is 16.8 Å². The van der Waals surface area contributed by atoms with Crippen LogP contribution in [-0.2, 0) is 24.1 Å². The Balaban J connectivity index is 0.000000221. The van der Waals surface area contributed by atoms with Crippen LogP contribution in [-0.4, -0.2) is 37.9 Å². The number of rotatable bonds is 1. The number of benzene rings is 1. The van der Waals surface area contributed by atoms with Gasteiger partial charge in [0, 0.05) is 32.7 Å². The van der Waals surface area contributed by atoms with Crippen molar-refractivity contribution >= 4 is 22.3 Å². The first kappa shape index (κ1) is 32.0. The van der Waals surface area contributed by atoms with E-state index < -0.39 is 51.9 Å². The zero-order valence-corrected chi connectivity index (χ0v) is 21.8. The van der Waals surface area contributed by atoms with Crippen molar-refractivity contribution in [1.29, 1.82) is 0 Å². The number of anilines is 2. The van der Waals surface area contributed by atoms with Crippen LogP contribution in [0.1, 0.15) is 30.4 Å². The van der Waals surface area contributed by atoms with Gasteiger partial charge in [0.05, 0.1) is 22.8 Å². The number of hydrogen-bond donors (Lipinski definition) is 3. The molecule has 0 saturated carbocycles.